The van der Waals surface area contributed by atoms with Crippen molar-refractivity contribution in [3.63, 3.8) is 0 Å². The number of nitrogens with zero attached hydrogens (tertiary/aromatic N) is 1. The zero-order valence-electron chi connectivity index (χ0n) is 10.4. The van der Waals surface area contributed by atoms with E-state index in [0.717, 1.165) is 18.4 Å². The monoisotopic (exact) mass is 291 g/mol. The minimum Gasteiger partial charge on any atom is -0.433 e. The van der Waals surface area contributed by atoms with Crippen LogP contribution in [0, 0.1) is 0 Å². The van der Waals surface area contributed by atoms with Gasteiger partial charge in [0.2, 0.25) is 0 Å². The summed E-state index contributed by atoms with van der Waals surface area (Å²) in [7, 11) is 0. The van der Waals surface area contributed by atoms with Gasteiger partial charge in [-0.1, -0.05) is 17.7 Å². The predicted molar refractivity (Wildman–Crippen MR) is 68.6 cm³/mol. The molecule has 0 atom stereocenters. The Hall–Kier alpha value is -0.910. The molecule has 0 spiro atoms. The average Bonchev–Trinajstić information content (AvgIpc) is 3.16. The molecule has 0 aromatic heterocycles. The van der Waals surface area contributed by atoms with Crippen molar-refractivity contribution in [2.24, 2.45) is 0 Å². The molecule has 1 aliphatic rings. The summed E-state index contributed by atoms with van der Waals surface area (Å²) in [6.07, 6.45) is 2.28. The highest BCUT2D eigenvalue weighted by Gasteiger charge is 2.28. The number of hydrogen-bond donors (Lipinski definition) is 1. The molecule has 1 N–H and O–H groups in total. The molecule has 0 amide bonds. The van der Waals surface area contributed by atoms with Crippen LogP contribution in [0.4, 0.5) is 8.78 Å². The Kier molecular flexibility index (Phi) is 4.96. The second kappa shape index (κ2) is 6.50. The molecule has 1 fully saturated rings. The standard InChI is InChI=1S/C13H16ClF2NO2/c14-11-7-9(1-4-12(11)19-13(15)16)8-17(5-6-18)10-2-3-10/h1,4,7,10,13,18H,2-3,5-6,8H2. The number of ether oxygens (including phenoxy) is 1. The third-order valence-corrected chi connectivity index (χ3v) is 3.34. The number of rotatable bonds is 7. The van der Waals surface area contributed by atoms with Gasteiger partial charge < -0.3 is 9.84 Å². The van der Waals surface area contributed by atoms with Gasteiger partial charge in [0, 0.05) is 19.1 Å². The largest absolute Gasteiger partial charge is 0.433 e. The summed E-state index contributed by atoms with van der Waals surface area (Å²) in [5.74, 6) is -0.0134. The van der Waals surface area contributed by atoms with E-state index in [1.165, 1.54) is 6.07 Å². The Morgan fingerprint density at radius 1 is 1.42 bits per heavy atom. The molecule has 1 aromatic rings. The number of halogens is 3. The zero-order valence-corrected chi connectivity index (χ0v) is 11.1. The highest BCUT2D eigenvalue weighted by molar-refractivity contribution is 6.32. The molecule has 2 rings (SSSR count). The molecular weight excluding hydrogens is 276 g/mol. The van der Waals surface area contributed by atoms with Crippen molar-refractivity contribution in [3.8, 4) is 5.75 Å². The topological polar surface area (TPSA) is 32.7 Å². The number of aliphatic hydroxyl groups excluding tert-OH is 1. The molecule has 0 radical (unpaired) electrons. The molecule has 0 aliphatic heterocycles. The molecule has 1 aliphatic carbocycles. The fourth-order valence-corrected chi connectivity index (χ4v) is 2.28. The smallest absolute Gasteiger partial charge is 0.387 e. The summed E-state index contributed by atoms with van der Waals surface area (Å²) in [5, 5.41) is 9.20. The van der Waals surface area contributed by atoms with Gasteiger partial charge in [-0.25, -0.2) is 0 Å². The second-order valence-corrected chi connectivity index (χ2v) is 4.98. The first-order valence-corrected chi connectivity index (χ1v) is 6.56. The number of hydrogen-bond acceptors (Lipinski definition) is 3. The lowest BCUT2D eigenvalue weighted by Gasteiger charge is -2.21. The van der Waals surface area contributed by atoms with Gasteiger partial charge in [-0.2, -0.15) is 8.78 Å². The SMILES string of the molecule is OCCN(Cc1ccc(OC(F)F)c(Cl)c1)C1CC1. The van der Waals surface area contributed by atoms with Crippen molar-refractivity contribution in [1.82, 2.24) is 4.90 Å². The Morgan fingerprint density at radius 2 is 2.16 bits per heavy atom. The first kappa shape index (κ1) is 14.5. The van der Waals surface area contributed by atoms with Crippen molar-refractivity contribution in [3.05, 3.63) is 28.8 Å². The van der Waals surface area contributed by atoms with Gasteiger partial charge in [-0.05, 0) is 30.5 Å². The van der Waals surface area contributed by atoms with Crippen molar-refractivity contribution in [1.29, 1.82) is 0 Å². The molecule has 1 aromatic carbocycles. The third-order valence-electron chi connectivity index (χ3n) is 3.05. The maximum Gasteiger partial charge on any atom is 0.387 e. The Morgan fingerprint density at radius 3 is 2.68 bits per heavy atom. The van der Waals surface area contributed by atoms with Gasteiger partial charge in [0.25, 0.3) is 0 Å². The van der Waals surface area contributed by atoms with E-state index in [1.807, 2.05) is 0 Å². The normalized spacial score (nSPS) is 15.3. The summed E-state index contributed by atoms with van der Waals surface area (Å²) in [4.78, 5) is 2.17. The summed E-state index contributed by atoms with van der Waals surface area (Å²) in [6, 6.07) is 5.32. The fourth-order valence-electron chi connectivity index (χ4n) is 2.03. The van der Waals surface area contributed by atoms with Crippen LogP contribution in [0.2, 0.25) is 5.02 Å². The van der Waals surface area contributed by atoms with E-state index in [1.54, 1.807) is 12.1 Å². The maximum absolute atomic E-state index is 12.1. The first-order valence-electron chi connectivity index (χ1n) is 6.18. The predicted octanol–water partition coefficient (Wildman–Crippen LogP) is 2.90. The molecule has 6 heteroatoms. The lowest BCUT2D eigenvalue weighted by Crippen LogP contribution is -2.28. The summed E-state index contributed by atoms with van der Waals surface area (Å²) in [6.45, 7) is -1.51. The number of alkyl halides is 2. The molecule has 19 heavy (non-hydrogen) atoms. The quantitative estimate of drug-likeness (QED) is 0.838. The Labute approximate surface area is 115 Å². The first-order chi connectivity index (χ1) is 9.10. The molecule has 0 unspecified atom stereocenters. The molecule has 0 bridgehead atoms. The molecule has 1 saturated carbocycles. The number of aliphatic hydroxyl groups is 1. The van der Waals surface area contributed by atoms with Crippen LogP contribution in [0.5, 0.6) is 5.75 Å². The van der Waals surface area contributed by atoms with Gasteiger partial charge in [0.15, 0.2) is 0 Å². The van der Waals surface area contributed by atoms with Crippen molar-refractivity contribution < 1.29 is 18.6 Å². The van der Waals surface area contributed by atoms with Gasteiger partial charge >= 0.3 is 6.61 Å². The van der Waals surface area contributed by atoms with Gasteiger partial charge in [-0.15, -0.1) is 0 Å². The summed E-state index contributed by atoms with van der Waals surface area (Å²) >= 11 is 5.90. The van der Waals surface area contributed by atoms with Gasteiger partial charge in [0.05, 0.1) is 11.6 Å². The molecule has 106 valence electrons. The van der Waals surface area contributed by atoms with Gasteiger partial charge in [0.1, 0.15) is 5.75 Å². The highest BCUT2D eigenvalue weighted by atomic mass is 35.5. The van der Waals surface area contributed by atoms with Gasteiger partial charge in [-0.3, -0.25) is 4.90 Å². The molecule has 0 heterocycles. The van der Waals surface area contributed by atoms with Crippen LogP contribution in [-0.4, -0.2) is 35.8 Å². The minimum atomic E-state index is -2.87. The van der Waals surface area contributed by atoms with Crippen LogP contribution in [0.25, 0.3) is 0 Å². The highest BCUT2D eigenvalue weighted by Crippen LogP contribution is 2.30. The molecular formula is C13H16ClF2NO2. The van der Waals surface area contributed by atoms with Crippen LogP contribution in [-0.2, 0) is 6.54 Å². The third kappa shape index (κ3) is 4.30. The second-order valence-electron chi connectivity index (χ2n) is 4.57. The molecule has 3 nitrogen and oxygen atoms in total. The van der Waals surface area contributed by atoms with E-state index < -0.39 is 6.61 Å². The fraction of sp³-hybridized carbons (Fsp3) is 0.538. The van der Waals surface area contributed by atoms with Crippen molar-refractivity contribution >= 4 is 11.6 Å². The number of benzene rings is 1. The van der Waals surface area contributed by atoms with Crippen LogP contribution in [0.15, 0.2) is 18.2 Å². The van der Waals surface area contributed by atoms with E-state index in [9.17, 15) is 8.78 Å². The minimum absolute atomic E-state index is 0.0134. The van der Waals surface area contributed by atoms with Crippen LogP contribution in [0.3, 0.4) is 0 Å². The lowest BCUT2D eigenvalue weighted by atomic mass is 10.2. The molecule has 0 saturated heterocycles. The van der Waals surface area contributed by atoms with Crippen molar-refractivity contribution in [2.75, 3.05) is 13.2 Å². The summed E-state index contributed by atoms with van der Waals surface area (Å²) in [5.41, 5.74) is 0.923. The maximum atomic E-state index is 12.1. The van der Waals surface area contributed by atoms with E-state index in [-0.39, 0.29) is 17.4 Å². The van der Waals surface area contributed by atoms with E-state index >= 15 is 0 Å². The summed E-state index contributed by atoms with van der Waals surface area (Å²) < 4.78 is 28.5. The van der Waals surface area contributed by atoms with Crippen LogP contribution >= 0.6 is 11.6 Å². The van der Waals surface area contributed by atoms with Crippen LogP contribution < -0.4 is 4.74 Å². The Bertz CT molecular complexity index is 427. The van der Waals surface area contributed by atoms with Crippen LogP contribution in [0.1, 0.15) is 18.4 Å². The van der Waals surface area contributed by atoms with E-state index in [0.29, 0.717) is 19.1 Å². The van der Waals surface area contributed by atoms with E-state index in [2.05, 4.69) is 9.64 Å². The lowest BCUT2D eigenvalue weighted by molar-refractivity contribution is -0.0498. The van der Waals surface area contributed by atoms with E-state index in [4.69, 9.17) is 16.7 Å². The Balaban J connectivity index is 2.02. The van der Waals surface area contributed by atoms with Crippen molar-refractivity contribution in [2.45, 2.75) is 32.0 Å². The average molecular weight is 292 g/mol. The zero-order chi connectivity index (χ0) is 13.8.